The molecule has 0 aliphatic carbocycles. The number of hydrogen-bond acceptors (Lipinski definition) is 4. The minimum absolute atomic E-state index is 0.000486. The number of hydrogen-bond donors (Lipinski definition) is 1. The van der Waals surface area contributed by atoms with E-state index in [9.17, 15) is 9.59 Å². The van der Waals surface area contributed by atoms with Crippen molar-refractivity contribution in [2.45, 2.75) is 13.3 Å². The maximum Gasteiger partial charge on any atom is 0.310 e. The van der Waals surface area contributed by atoms with E-state index in [1.165, 1.54) is 7.11 Å². The van der Waals surface area contributed by atoms with Crippen molar-refractivity contribution in [2.75, 3.05) is 47.9 Å². The molecule has 2 atom stereocenters. The molecule has 0 saturated carbocycles. The minimum atomic E-state index is -0.164. The first-order valence-electron chi connectivity index (χ1n) is 9.21. The van der Waals surface area contributed by atoms with Gasteiger partial charge in [-0.3, -0.25) is 14.6 Å². The molecule has 1 aliphatic heterocycles. The van der Waals surface area contributed by atoms with Crippen LogP contribution >= 0.6 is 0 Å². The molecular formula is C20H30N4O3. The Labute approximate surface area is 161 Å². The van der Waals surface area contributed by atoms with Crippen molar-refractivity contribution >= 4 is 17.8 Å². The summed E-state index contributed by atoms with van der Waals surface area (Å²) in [5.41, 5.74) is 1.78. The molecule has 7 nitrogen and oxygen atoms in total. The van der Waals surface area contributed by atoms with Crippen molar-refractivity contribution in [2.24, 2.45) is 16.8 Å². The number of amides is 1. The molecule has 2 unspecified atom stereocenters. The van der Waals surface area contributed by atoms with Gasteiger partial charge in [0, 0.05) is 46.3 Å². The van der Waals surface area contributed by atoms with Gasteiger partial charge >= 0.3 is 5.97 Å². The second-order valence-corrected chi connectivity index (χ2v) is 7.14. The van der Waals surface area contributed by atoms with Crippen LogP contribution in [-0.4, -0.2) is 75.5 Å². The highest BCUT2D eigenvalue weighted by atomic mass is 16.5. The monoisotopic (exact) mass is 374 g/mol. The Bertz CT molecular complexity index is 702. The second-order valence-electron chi connectivity index (χ2n) is 7.14. The van der Waals surface area contributed by atoms with E-state index in [1.54, 1.807) is 26.0 Å². The number of aliphatic imine (C=N–C) groups is 1. The molecule has 0 aromatic heterocycles. The fourth-order valence-electron chi connectivity index (χ4n) is 3.37. The molecule has 0 bridgehead atoms. The van der Waals surface area contributed by atoms with Crippen LogP contribution in [0.25, 0.3) is 0 Å². The van der Waals surface area contributed by atoms with Gasteiger partial charge in [0.2, 0.25) is 0 Å². The van der Waals surface area contributed by atoms with Crippen LogP contribution in [0.1, 0.15) is 22.8 Å². The van der Waals surface area contributed by atoms with Crippen molar-refractivity contribution in [3.63, 3.8) is 0 Å². The Morgan fingerprint density at radius 3 is 2.70 bits per heavy atom. The molecule has 27 heavy (non-hydrogen) atoms. The van der Waals surface area contributed by atoms with Gasteiger partial charge < -0.3 is 19.9 Å². The lowest BCUT2D eigenvalue weighted by Crippen LogP contribution is -2.41. The van der Waals surface area contributed by atoms with E-state index < -0.39 is 0 Å². The Hall–Kier alpha value is -2.57. The lowest BCUT2D eigenvalue weighted by atomic mass is 9.99. The Morgan fingerprint density at radius 2 is 2.07 bits per heavy atom. The first kappa shape index (κ1) is 20.7. The van der Waals surface area contributed by atoms with E-state index in [0.29, 0.717) is 18.7 Å². The summed E-state index contributed by atoms with van der Waals surface area (Å²) in [5, 5.41) is 3.36. The summed E-state index contributed by atoms with van der Waals surface area (Å²) in [7, 11) is 6.67. The van der Waals surface area contributed by atoms with E-state index in [1.807, 2.05) is 24.3 Å². The minimum Gasteiger partial charge on any atom is -0.469 e. The van der Waals surface area contributed by atoms with E-state index in [-0.39, 0.29) is 23.7 Å². The van der Waals surface area contributed by atoms with Crippen molar-refractivity contribution in [3.8, 4) is 0 Å². The normalized spacial score (nSPS) is 19.7. The van der Waals surface area contributed by atoms with Crippen molar-refractivity contribution < 1.29 is 14.3 Å². The van der Waals surface area contributed by atoms with Gasteiger partial charge in [-0.25, -0.2) is 0 Å². The molecule has 1 heterocycles. The Balaban J connectivity index is 1.91. The fraction of sp³-hybridized carbons (Fsp3) is 0.550. The van der Waals surface area contributed by atoms with E-state index >= 15 is 0 Å². The van der Waals surface area contributed by atoms with Crippen LogP contribution in [0.2, 0.25) is 0 Å². The zero-order chi connectivity index (χ0) is 20.0. The van der Waals surface area contributed by atoms with Gasteiger partial charge in [0.15, 0.2) is 5.96 Å². The highest BCUT2D eigenvalue weighted by Crippen LogP contribution is 2.24. The molecular weight excluding hydrogens is 344 g/mol. The summed E-state index contributed by atoms with van der Waals surface area (Å²) in [6.07, 6.45) is 0.775. The highest BCUT2D eigenvalue weighted by molar-refractivity contribution is 5.94. The molecule has 1 aliphatic rings. The number of carbonyl (C=O) groups excluding carboxylic acids is 2. The molecule has 1 amide bonds. The number of rotatable bonds is 5. The number of carbonyl (C=O) groups is 2. The largest absolute Gasteiger partial charge is 0.469 e. The van der Waals surface area contributed by atoms with Gasteiger partial charge in [-0.05, 0) is 30.0 Å². The van der Waals surface area contributed by atoms with Crippen molar-refractivity contribution in [3.05, 3.63) is 35.4 Å². The third kappa shape index (κ3) is 5.21. The predicted molar refractivity (Wildman–Crippen MR) is 106 cm³/mol. The standard InChI is InChI=1S/C20H30N4O3/c1-14-12-24(13-17(14)19(26)27-5)20(21-2)22-10-9-15-7-6-8-16(11-15)18(25)23(3)4/h6-8,11,14,17H,9-10,12-13H2,1-5H3,(H,21,22). The molecule has 7 heteroatoms. The highest BCUT2D eigenvalue weighted by Gasteiger charge is 2.36. The number of nitrogens with zero attached hydrogens (tertiary/aromatic N) is 3. The van der Waals surface area contributed by atoms with E-state index in [2.05, 4.69) is 22.1 Å². The quantitative estimate of drug-likeness (QED) is 0.477. The van der Waals surface area contributed by atoms with Crippen LogP contribution in [0, 0.1) is 11.8 Å². The number of ether oxygens (including phenoxy) is 1. The van der Waals surface area contributed by atoms with E-state index in [0.717, 1.165) is 24.5 Å². The number of likely N-dealkylation sites (tertiary alicyclic amines) is 1. The van der Waals surface area contributed by atoms with E-state index in [4.69, 9.17) is 4.74 Å². The van der Waals surface area contributed by atoms with Gasteiger partial charge in [0.05, 0.1) is 13.0 Å². The van der Waals surface area contributed by atoms with Gasteiger partial charge in [0.25, 0.3) is 5.91 Å². The maximum absolute atomic E-state index is 12.1. The summed E-state index contributed by atoms with van der Waals surface area (Å²) < 4.78 is 4.90. The molecule has 0 radical (unpaired) electrons. The summed E-state index contributed by atoms with van der Waals surface area (Å²) in [5.74, 6) is 0.726. The van der Waals surface area contributed by atoms with Crippen molar-refractivity contribution in [1.29, 1.82) is 0 Å². The summed E-state index contributed by atoms with van der Waals surface area (Å²) in [6.45, 7) is 4.13. The van der Waals surface area contributed by atoms with Crippen LogP contribution in [0.3, 0.4) is 0 Å². The molecule has 1 aromatic carbocycles. The lowest BCUT2D eigenvalue weighted by Gasteiger charge is -2.21. The molecule has 1 N–H and O–H groups in total. The molecule has 1 saturated heterocycles. The zero-order valence-corrected chi connectivity index (χ0v) is 16.9. The number of guanidine groups is 1. The summed E-state index contributed by atoms with van der Waals surface area (Å²) in [4.78, 5) is 32.0. The van der Waals surface area contributed by atoms with Gasteiger partial charge in [-0.1, -0.05) is 19.1 Å². The Kier molecular flexibility index (Phi) is 7.21. The van der Waals surface area contributed by atoms with Crippen LogP contribution in [-0.2, 0) is 16.0 Å². The average Bonchev–Trinajstić information content (AvgIpc) is 3.05. The van der Waals surface area contributed by atoms with Crippen molar-refractivity contribution in [1.82, 2.24) is 15.1 Å². The van der Waals surface area contributed by atoms with Crippen LogP contribution in [0.5, 0.6) is 0 Å². The predicted octanol–water partition coefficient (Wildman–Crippen LogP) is 1.25. The third-order valence-electron chi connectivity index (χ3n) is 4.90. The van der Waals surface area contributed by atoms with Gasteiger partial charge in [-0.2, -0.15) is 0 Å². The molecule has 148 valence electrons. The topological polar surface area (TPSA) is 74.2 Å². The SMILES string of the molecule is CN=C(NCCc1cccc(C(=O)N(C)C)c1)N1CC(C)C(C(=O)OC)C1. The number of nitrogens with one attached hydrogen (secondary N) is 1. The summed E-state index contributed by atoms with van der Waals surface area (Å²) >= 11 is 0. The fourth-order valence-corrected chi connectivity index (χ4v) is 3.37. The van der Waals surface area contributed by atoms with Gasteiger partial charge in [0.1, 0.15) is 0 Å². The first-order chi connectivity index (χ1) is 12.9. The van der Waals surface area contributed by atoms with Gasteiger partial charge in [-0.15, -0.1) is 0 Å². The average molecular weight is 374 g/mol. The third-order valence-corrected chi connectivity index (χ3v) is 4.90. The number of benzene rings is 1. The first-order valence-corrected chi connectivity index (χ1v) is 9.21. The van der Waals surface area contributed by atoms with Crippen LogP contribution < -0.4 is 5.32 Å². The van der Waals surface area contributed by atoms with Crippen LogP contribution in [0.15, 0.2) is 29.3 Å². The summed E-state index contributed by atoms with van der Waals surface area (Å²) in [6, 6.07) is 7.68. The molecule has 1 fully saturated rings. The molecule has 2 rings (SSSR count). The maximum atomic E-state index is 12.1. The zero-order valence-electron chi connectivity index (χ0n) is 16.9. The van der Waals surface area contributed by atoms with Crippen LogP contribution in [0.4, 0.5) is 0 Å². The lowest BCUT2D eigenvalue weighted by molar-refractivity contribution is -0.145. The number of esters is 1. The number of methoxy groups -OCH3 is 1. The smallest absolute Gasteiger partial charge is 0.310 e. The molecule has 0 spiro atoms. The molecule has 1 aromatic rings. The second kappa shape index (κ2) is 9.39. The Morgan fingerprint density at radius 1 is 1.33 bits per heavy atom.